The van der Waals surface area contributed by atoms with Crippen LogP contribution in [-0.4, -0.2) is 16.8 Å². The lowest BCUT2D eigenvalue weighted by molar-refractivity contribution is 0.267. The van der Waals surface area contributed by atoms with Crippen LogP contribution in [0, 0.1) is 5.82 Å². The third-order valence-electron chi connectivity index (χ3n) is 1.57. The van der Waals surface area contributed by atoms with Crippen LogP contribution >= 0.6 is 0 Å². The standard InChI is InChI=1S/C9H11FO3/c1-2-13-8-4-7(12)3-6(5-11)9(8)10/h3-4,11-12H,2,5H2,1H3. The minimum Gasteiger partial charge on any atom is -0.508 e. The molecule has 0 saturated heterocycles. The fraction of sp³-hybridized carbons (Fsp3) is 0.333. The van der Waals surface area contributed by atoms with Crippen LogP contribution in [0.25, 0.3) is 0 Å². The van der Waals surface area contributed by atoms with E-state index in [0.717, 1.165) is 6.07 Å². The lowest BCUT2D eigenvalue weighted by Gasteiger charge is -2.07. The van der Waals surface area contributed by atoms with Crippen LogP contribution in [0.4, 0.5) is 4.39 Å². The summed E-state index contributed by atoms with van der Waals surface area (Å²) in [5.74, 6) is -0.775. The van der Waals surface area contributed by atoms with Crippen molar-refractivity contribution < 1.29 is 19.3 Å². The van der Waals surface area contributed by atoms with Crippen LogP contribution in [0.1, 0.15) is 12.5 Å². The van der Waals surface area contributed by atoms with Crippen molar-refractivity contribution >= 4 is 0 Å². The molecule has 4 heteroatoms. The Balaban J connectivity index is 3.11. The molecule has 0 aromatic heterocycles. The maximum atomic E-state index is 13.2. The van der Waals surface area contributed by atoms with Crippen molar-refractivity contribution in [3.05, 3.63) is 23.5 Å². The monoisotopic (exact) mass is 186 g/mol. The molecule has 1 aromatic rings. The van der Waals surface area contributed by atoms with Gasteiger partial charge in [0.1, 0.15) is 5.75 Å². The topological polar surface area (TPSA) is 49.7 Å². The fourth-order valence-electron chi connectivity index (χ4n) is 1.02. The largest absolute Gasteiger partial charge is 0.508 e. The van der Waals surface area contributed by atoms with Gasteiger partial charge in [-0.05, 0) is 13.0 Å². The average Bonchev–Trinajstić information content (AvgIpc) is 2.11. The van der Waals surface area contributed by atoms with E-state index in [1.54, 1.807) is 6.92 Å². The van der Waals surface area contributed by atoms with E-state index in [0.29, 0.717) is 6.61 Å². The molecule has 1 rings (SSSR count). The molecule has 0 atom stereocenters. The number of phenols is 1. The SMILES string of the molecule is CCOc1cc(O)cc(CO)c1F. The van der Waals surface area contributed by atoms with E-state index in [9.17, 15) is 4.39 Å². The highest BCUT2D eigenvalue weighted by Crippen LogP contribution is 2.26. The van der Waals surface area contributed by atoms with Gasteiger partial charge in [0.25, 0.3) is 0 Å². The molecule has 0 aliphatic rings. The summed E-state index contributed by atoms with van der Waals surface area (Å²) in [5, 5.41) is 17.8. The predicted octanol–water partition coefficient (Wildman–Crippen LogP) is 1.42. The summed E-state index contributed by atoms with van der Waals surface area (Å²) in [6.07, 6.45) is 0. The van der Waals surface area contributed by atoms with Gasteiger partial charge in [-0.3, -0.25) is 0 Å². The molecule has 0 amide bonds. The summed E-state index contributed by atoms with van der Waals surface area (Å²) in [5.41, 5.74) is 0.0310. The molecule has 0 aliphatic carbocycles. The zero-order valence-corrected chi connectivity index (χ0v) is 7.25. The molecule has 0 bridgehead atoms. The molecule has 72 valence electrons. The number of ether oxygens (including phenoxy) is 1. The van der Waals surface area contributed by atoms with Gasteiger partial charge in [0.2, 0.25) is 0 Å². The Morgan fingerprint density at radius 3 is 2.69 bits per heavy atom. The molecular weight excluding hydrogens is 175 g/mol. The summed E-state index contributed by atoms with van der Waals surface area (Å²) in [6, 6.07) is 2.34. The molecule has 2 N–H and O–H groups in total. The molecule has 0 spiro atoms. The van der Waals surface area contributed by atoms with Gasteiger partial charge in [0, 0.05) is 11.6 Å². The Labute approximate surface area is 75.4 Å². The first-order valence-corrected chi connectivity index (χ1v) is 3.94. The second-order valence-corrected chi connectivity index (χ2v) is 2.51. The van der Waals surface area contributed by atoms with Crippen molar-refractivity contribution in [3.63, 3.8) is 0 Å². The summed E-state index contributed by atoms with van der Waals surface area (Å²) >= 11 is 0. The number of hydrogen-bond acceptors (Lipinski definition) is 3. The molecule has 0 saturated carbocycles. The third-order valence-corrected chi connectivity index (χ3v) is 1.57. The molecule has 0 radical (unpaired) electrons. The second kappa shape index (κ2) is 4.09. The third kappa shape index (κ3) is 2.09. The first-order valence-electron chi connectivity index (χ1n) is 3.94. The number of halogens is 1. The number of phenolic OH excluding ortho intramolecular Hbond substituents is 1. The fourth-order valence-corrected chi connectivity index (χ4v) is 1.02. The normalized spacial score (nSPS) is 10.1. The van der Waals surface area contributed by atoms with E-state index in [-0.39, 0.29) is 17.1 Å². The summed E-state index contributed by atoms with van der Waals surface area (Å²) < 4.78 is 18.2. The van der Waals surface area contributed by atoms with E-state index in [2.05, 4.69) is 0 Å². The van der Waals surface area contributed by atoms with E-state index < -0.39 is 12.4 Å². The number of hydrogen-bond donors (Lipinski definition) is 2. The molecule has 0 fully saturated rings. The molecule has 0 aliphatic heterocycles. The second-order valence-electron chi connectivity index (χ2n) is 2.51. The van der Waals surface area contributed by atoms with Crippen molar-refractivity contribution in [2.24, 2.45) is 0 Å². The maximum absolute atomic E-state index is 13.2. The maximum Gasteiger partial charge on any atom is 0.170 e. The Hall–Kier alpha value is -1.29. The van der Waals surface area contributed by atoms with E-state index in [4.69, 9.17) is 14.9 Å². The van der Waals surface area contributed by atoms with Gasteiger partial charge >= 0.3 is 0 Å². The number of aliphatic hydroxyl groups is 1. The minimum absolute atomic E-state index is 0.0310. The Morgan fingerprint density at radius 2 is 2.15 bits per heavy atom. The van der Waals surface area contributed by atoms with Crippen molar-refractivity contribution in [2.75, 3.05) is 6.61 Å². The van der Waals surface area contributed by atoms with Crippen LogP contribution in [0.15, 0.2) is 12.1 Å². The number of aliphatic hydroxyl groups excluding tert-OH is 1. The smallest absolute Gasteiger partial charge is 0.170 e. The number of benzene rings is 1. The van der Waals surface area contributed by atoms with Crippen molar-refractivity contribution in [1.82, 2.24) is 0 Å². The van der Waals surface area contributed by atoms with Gasteiger partial charge in [0.15, 0.2) is 11.6 Å². The minimum atomic E-state index is -0.623. The zero-order chi connectivity index (χ0) is 9.84. The van der Waals surface area contributed by atoms with E-state index >= 15 is 0 Å². The van der Waals surface area contributed by atoms with Gasteiger partial charge in [-0.2, -0.15) is 0 Å². The van der Waals surface area contributed by atoms with Crippen LogP contribution in [0.3, 0.4) is 0 Å². The lowest BCUT2D eigenvalue weighted by atomic mass is 10.2. The quantitative estimate of drug-likeness (QED) is 0.750. The van der Waals surface area contributed by atoms with Crippen LogP contribution in [0.5, 0.6) is 11.5 Å². The average molecular weight is 186 g/mol. The Bertz CT molecular complexity index is 299. The van der Waals surface area contributed by atoms with E-state index in [1.165, 1.54) is 6.07 Å². The van der Waals surface area contributed by atoms with Gasteiger partial charge in [-0.1, -0.05) is 0 Å². The van der Waals surface area contributed by atoms with Gasteiger partial charge in [-0.25, -0.2) is 4.39 Å². The van der Waals surface area contributed by atoms with Crippen LogP contribution < -0.4 is 4.74 Å². The summed E-state index contributed by atoms with van der Waals surface area (Å²) in [6.45, 7) is 1.56. The molecule has 0 heterocycles. The Morgan fingerprint density at radius 1 is 1.46 bits per heavy atom. The van der Waals surface area contributed by atoms with Crippen molar-refractivity contribution in [3.8, 4) is 11.5 Å². The number of rotatable bonds is 3. The van der Waals surface area contributed by atoms with E-state index in [1.807, 2.05) is 0 Å². The zero-order valence-electron chi connectivity index (χ0n) is 7.25. The first kappa shape index (κ1) is 9.80. The van der Waals surface area contributed by atoms with Crippen molar-refractivity contribution in [2.45, 2.75) is 13.5 Å². The molecule has 1 aromatic carbocycles. The number of aromatic hydroxyl groups is 1. The first-order chi connectivity index (χ1) is 6.19. The van der Waals surface area contributed by atoms with Crippen LogP contribution in [0.2, 0.25) is 0 Å². The van der Waals surface area contributed by atoms with Crippen LogP contribution in [-0.2, 0) is 6.61 Å². The molecule has 13 heavy (non-hydrogen) atoms. The Kier molecular flexibility index (Phi) is 3.08. The molecular formula is C9H11FO3. The highest BCUT2D eigenvalue weighted by Gasteiger charge is 2.10. The molecule has 0 unspecified atom stereocenters. The highest BCUT2D eigenvalue weighted by atomic mass is 19.1. The highest BCUT2D eigenvalue weighted by molar-refractivity contribution is 5.39. The lowest BCUT2D eigenvalue weighted by Crippen LogP contribution is -1.98. The van der Waals surface area contributed by atoms with Gasteiger partial charge < -0.3 is 14.9 Å². The summed E-state index contributed by atoms with van der Waals surface area (Å²) in [4.78, 5) is 0. The molecule has 3 nitrogen and oxygen atoms in total. The predicted molar refractivity (Wildman–Crippen MR) is 45.2 cm³/mol. The van der Waals surface area contributed by atoms with Crippen molar-refractivity contribution in [1.29, 1.82) is 0 Å². The van der Waals surface area contributed by atoms with Gasteiger partial charge in [-0.15, -0.1) is 0 Å². The summed E-state index contributed by atoms with van der Waals surface area (Å²) in [7, 11) is 0. The van der Waals surface area contributed by atoms with Gasteiger partial charge in [0.05, 0.1) is 13.2 Å².